The molecule has 2 atom stereocenters. The van der Waals surface area contributed by atoms with Gasteiger partial charge >= 0.3 is 12.4 Å². The standard InChI is InChI=1S/C23H20F8N6O2/c1-2-11-12(21(39)35-16-8-36(7-15(16)25)18(38)6-22(26,27)28)3-10(4-14(11)24)17-5-13(23(29,30)31)19-20(32)33-9-34-37(17)19/h3-5,9,15-16H,2,6-8H2,1H3,(H,35,39)(H2,32,33,34)/t15-,16+/m0/s1. The maximum atomic E-state index is 15.1. The number of anilines is 1. The molecule has 3 heterocycles. The summed E-state index contributed by atoms with van der Waals surface area (Å²) in [5, 5.41) is 6.04. The number of halogens is 8. The molecule has 8 nitrogen and oxygen atoms in total. The second kappa shape index (κ2) is 9.96. The third-order valence-corrected chi connectivity index (χ3v) is 6.25. The van der Waals surface area contributed by atoms with Crippen LogP contribution in [-0.4, -0.2) is 62.8 Å². The lowest BCUT2D eigenvalue weighted by molar-refractivity contribution is -0.160. The number of carbonyl (C=O) groups is 2. The van der Waals surface area contributed by atoms with Gasteiger partial charge in [0, 0.05) is 23.2 Å². The fourth-order valence-corrected chi connectivity index (χ4v) is 4.47. The van der Waals surface area contributed by atoms with E-state index in [9.17, 15) is 40.3 Å². The first-order chi connectivity index (χ1) is 18.1. The number of hydrogen-bond donors (Lipinski definition) is 2. The predicted molar refractivity (Wildman–Crippen MR) is 121 cm³/mol. The van der Waals surface area contributed by atoms with Crippen LogP contribution in [0, 0.1) is 5.82 Å². The molecule has 1 aromatic carbocycles. The van der Waals surface area contributed by atoms with Gasteiger partial charge in [-0.15, -0.1) is 0 Å². The molecule has 0 bridgehead atoms. The van der Waals surface area contributed by atoms with Crippen LogP contribution < -0.4 is 11.1 Å². The minimum absolute atomic E-state index is 0.0351. The van der Waals surface area contributed by atoms with Crippen LogP contribution >= 0.6 is 0 Å². The van der Waals surface area contributed by atoms with Gasteiger partial charge in [-0.25, -0.2) is 18.3 Å². The number of nitrogen functional groups attached to an aromatic ring is 1. The molecule has 0 aliphatic carbocycles. The number of alkyl halides is 7. The Labute approximate surface area is 214 Å². The number of carbonyl (C=O) groups excluding carboxylic acids is 2. The highest BCUT2D eigenvalue weighted by Crippen LogP contribution is 2.39. The summed E-state index contributed by atoms with van der Waals surface area (Å²) < 4.78 is 109. The van der Waals surface area contributed by atoms with E-state index in [0.717, 1.165) is 23.0 Å². The first-order valence-electron chi connectivity index (χ1n) is 11.4. The zero-order chi connectivity index (χ0) is 28.9. The molecule has 0 unspecified atom stereocenters. The van der Waals surface area contributed by atoms with E-state index in [0.29, 0.717) is 11.0 Å². The summed E-state index contributed by atoms with van der Waals surface area (Å²) in [5.41, 5.74) is 2.91. The summed E-state index contributed by atoms with van der Waals surface area (Å²) in [7, 11) is 0. The number of fused-ring (bicyclic) bond motifs is 1. The summed E-state index contributed by atoms with van der Waals surface area (Å²) in [6, 6.07) is 1.26. The Morgan fingerprint density at radius 1 is 1.13 bits per heavy atom. The highest BCUT2D eigenvalue weighted by molar-refractivity contribution is 5.97. The molecule has 2 aromatic heterocycles. The lowest BCUT2D eigenvalue weighted by atomic mass is 9.98. The third-order valence-electron chi connectivity index (χ3n) is 6.25. The number of amides is 2. The molecule has 0 radical (unpaired) electrons. The van der Waals surface area contributed by atoms with Crippen molar-refractivity contribution in [1.82, 2.24) is 24.8 Å². The van der Waals surface area contributed by atoms with Gasteiger partial charge in [-0.2, -0.15) is 31.4 Å². The first-order valence-corrected chi connectivity index (χ1v) is 11.4. The largest absolute Gasteiger partial charge is 0.418 e. The van der Waals surface area contributed by atoms with E-state index in [4.69, 9.17) is 5.73 Å². The van der Waals surface area contributed by atoms with E-state index in [1.54, 1.807) is 0 Å². The minimum Gasteiger partial charge on any atom is -0.382 e. The maximum Gasteiger partial charge on any atom is 0.418 e. The SMILES string of the molecule is CCc1c(F)cc(-c2cc(C(F)(F)F)c3c(N)ncnn23)cc1C(=O)N[C@@H]1CN(C(=O)CC(F)(F)F)C[C@@H]1F. The Balaban J connectivity index is 1.69. The van der Waals surface area contributed by atoms with Crippen molar-refractivity contribution in [2.75, 3.05) is 18.8 Å². The van der Waals surface area contributed by atoms with Gasteiger partial charge in [0.2, 0.25) is 5.91 Å². The number of likely N-dealkylation sites (tertiary alicyclic amines) is 1. The topological polar surface area (TPSA) is 106 Å². The van der Waals surface area contributed by atoms with E-state index >= 15 is 4.39 Å². The van der Waals surface area contributed by atoms with Gasteiger partial charge in [-0.3, -0.25) is 9.59 Å². The van der Waals surface area contributed by atoms with Crippen LogP contribution in [0.15, 0.2) is 24.5 Å². The average Bonchev–Trinajstić information content (AvgIpc) is 3.39. The Morgan fingerprint density at radius 3 is 2.44 bits per heavy atom. The summed E-state index contributed by atoms with van der Waals surface area (Å²) in [6.07, 6.45) is -12.5. The molecule has 3 aromatic rings. The lowest BCUT2D eigenvalue weighted by Crippen LogP contribution is -2.42. The molecular weight excluding hydrogens is 544 g/mol. The van der Waals surface area contributed by atoms with Crippen LogP contribution in [0.2, 0.25) is 0 Å². The molecule has 0 spiro atoms. The number of nitrogens with one attached hydrogen (secondary N) is 1. The number of hydrogen-bond acceptors (Lipinski definition) is 5. The van der Waals surface area contributed by atoms with Crippen molar-refractivity contribution >= 4 is 23.1 Å². The zero-order valence-electron chi connectivity index (χ0n) is 20.0. The number of nitrogens with two attached hydrogens (primary N) is 1. The number of rotatable bonds is 5. The predicted octanol–water partition coefficient (Wildman–Crippen LogP) is 3.93. The molecule has 210 valence electrons. The van der Waals surface area contributed by atoms with Crippen LogP contribution in [0.5, 0.6) is 0 Å². The highest BCUT2D eigenvalue weighted by atomic mass is 19.4. The molecule has 3 N–H and O–H groups in total. The number of nitrogens with zero attached hydrogens (tertiary/aromatic N) is 4. The van der Waals surface area contributed by atoms with Crippen LogP contribution in [0.1, 0.15) is 34.8 Å². The first kappa shape index (κ1) is 28.0. The average molecular weight is 564 g/mol. The van der Waals surface area contributed by atoms with Crippen LogP contribution in [0.3, 0.4) is 0 Å². The summed E-state index contributed by atoms with van der Waals surface area (Å²) >= 11 is 0. The van der Waals surface area contributed by atoms with Gasteiger partial charge in [-0.05, 0) is 24.6 Å². The molecule has 39 heavy (non-hydrogen) atoms. The van der Waals surface area contributed by atoms with Crippen LogP contribution in [0.25, 0.3) is 16.8 Å². The van der Waals surface area contributed by atoms with Crippen molar-refractivity contribution in [1.29, 1.82) is 0 Å². The van der Waals surface area contributed by atoms with E-state index in [2.05, 4.69) is 15.4 Å². The fourth-order valence-electron chi connectivity index (χ4n) is 4.47. The van der Waals surface area contributed by atoms with Crippen molar-refractivity contribution in [2.45, 2.75) is 44.3 Å². The van der Waals surface area contributed by atoms with Crippen molar-refractivity contribution in [3.63, 3.8) is 0 Å². The Bertz CT molecular complexity index is 1430. The Kier molecular flexibility index (Phi) is 7.16. The summed E-state index contributed by atoms with van der Waals surface area (Å²) in [4.78, 5) is 29.1. The highest BCUT2D eigenvalue weighted by Gasteiger charge is 2.41. The van der Waals surface area contributed by atoms with Gasteiger partial charge < -0.3 is 16.0 Å². The molecule has 16 heteroatoms. The molecule has 4 rings (SSSR count). The van der Waals surface area contributed by atoms with Crippen LogP contribution in [-0.2, 0) is 17.4 Å². The second-order valence-electron chi connectivity index (χ2n) is 8.87. The van der Waals surface area contributed by atoms with E-state index in [1.165, 1.54) is 6.92 Å². The molecule has 0 saturated carbocycles. The number of aromatic nitrogens is 3. The van der Waals surface area contributed by atoms with Crippen molar-refractivity contribution in [2.24, 2.45) is 0 Å². The molecule has 1 aliphatic heterocycles. The van der Waals surface area contributed by atoms with Gasteiger partial charge in [0.1, 0.15) is 30.3 Å². The Morgan fingerprint density at radius 2 is 1.82 bits per heavy atom. The Hall–Kier alpha value is -3.98. The van der Waals surface area contributed by atoms with Gasteiger partial charge in [0.05, 0.1) is 23.8 Å². The smallest absolute Gasteiger partial charge is 0.382 e. The van der Waals surface area contributed by atoms with Gasteiger partial charge in [-0.1, -0.05) is 6.92 Å². The van der Waals surface area contributed by atoms with Gasteiger partial charge in [0.25, 0.3) is 5.91 Å². The normalized spacial score (nSPS) is 18.1. The lowest BCUT2D eigenvalue weighted by Gasteiger charge is -2.18. The number of benzene rings is 1. The summed E-state index contributed by atoms with van der Waals surface area (Å²) in [6.45, 7) is 0.259. The second-order valence-corrected chi connectivity index (χ2v) is 8.87. The van der Waals surface area contributed by atoms with Crippen molar-refractivity contribution in [3.8, 4) is 11.3 Å². The quantitative estimate of drug-likeness (QED) is 0.457. The van der Waals surface area contributed by atoms with Crippen molar-refractivity contribution in [3.05, 3.63) is 47.0 Å². The van der Waals surface area contributed by atoms with Crippen LogP contribution in [0.4, 0.5) is 40.9 Å². The molecule has 2 amide bonds. The third kappa shape index (κ3) is 5.59. The van der Waals surface area contributed by atoms with E-state index < -0.39 is 78.6 Å². The zero-order valence-corrected chi connectivity index (χ0v) is 20.0. The van der Waals surface area contributed by atoms with E-state index in [-0.39, 0.29) is 28.8 Å². The van der Waals surface area contributed by atoms with Crippen molar-refractivity contribution < 1.29 is 44.7 Å². The maximum absolute atomic E-state index is 15.1. The van der Waals surface area contributed by atoms with E-state index in [1.807, 2.05) is 0 Å². The molecule has 1 fully saturated rings. The fraction of sp³-hybridized carbons (Fsp3) is 0.391. The molecule has 1 aliphatic rings. The van der Waals surface area contributed by atoms with Gasteiger partial charge in [0.15, 0.2) is 5.82 Å². The molecular formula is C23H20F8N6O2. The monoisotopic (exact) mass is 564 g/mol. The molecule has 1 saturated heterocycles. The minimum atomic E-state index is -4.88. The summed E-state index contributed by atoms with van der Waals surface area (Å²) in [5.74, 6) is -3.84.